The zero-order valence-corrected chi connectivity index (χ0v) is 18.2. The molecule has 1 aliphatic heterocycles. The minimum Gasteiger partial charge on any atom is -0.496 e. The number of aliphatic imine (C=N–C) groups is 1. The number of rotatable bonds is 5. The highest BCUT2D eigenvalue weighted by Gasteiger charge is 2.36. The van der Waals surface area contributed by atoms with Crippen molar-refractivity contribution in [3.05, 3.63) is 52.0 Å². The molecule has 0 radical (unpaired) electrons. The fraction of sp³-hybridized carbons (Fsp3) is 0.391. The number of carboxylic acid groups (broad SMARTS) is 1. The van der Waals surface area contributed by atoms with Crippen LogP contribution in [0.1, 0.15) is 61.5 Å². The Hall–Kier alpha value is -2.53. The maximum absolute atomic E-state index is 11.2. The van der Waals surface area contributed by atoms with Gasteiger partial charge in [-0.1, -0.05) is 18.5 Å². The number of nitrogens with zero attached hydrogens (tertiary/aromatic N) is 2. The van der Waals surface area contributed by atoms with E-state index in [1.54, 1.807) is 19.4 Å². The minimum absolute atomic E-state index is 0.0760. The van der Waals surface area contributed by atoms with Gasteiger partial charge in [0, 0.05) is 35.6 Å². The van der Waals surface area contributed by atoms with Crippen LogP contribution in [0.2, 0.25) is 5.02 Å². The van der Waals surface area contributed by atoms with Crippen LogP contribution in [0.15, 0.2) is 35.3 Å². The molecule has 0 spiro atoms. The van der Waals surface area contributed by atoms with Crippen LogP contribution in [0.25, 0.3) is 0 Å². The van der Waals surface area contributed by atoms with Gasteiger partial charge in [0.2, 0.25) is 0 Å². The largest absolute Gasteiger partial charge is 0.496 e. The number of fused-ring (bicyclic) bond motifs is 1. The Morgan fingerprint density at radius 3 is 2.72 bits per heavy atom. The maximum atomic E-state index is 11.2. The van der Waals surface area contributed by atoms with Gasteiger partial charge in [0.05, 0.1) is 23.4 Å². The highest BCUT2D eigenvalue weighted by molar-refractivity contribution is 6.33. The number of hydrogen-bond donors (Lipinski definition) is 1. The summed E-state index contributed by atoms with van der Waals surface area (Å²) in [6, 6.07) is 8.68. The molecule has 0 aromatic heterocycles. The number of benzene rings is 2. The summed E-state index contributed by atoms with van der Waals surface area (Å²) in [7, 11) is 1.64. The first-order valence-electron chi connectivity index (χ1n) is 9.74. The Kier molecular flexibility index (Phi) is 5.90. The zero-order chi connectivity index (χ0) is 21.3. The van der Waals surface area contributed by atoms with Gasteiger partial charge >= 0.3 is 5.97 Å². The maximum Gasteiger partial charge on any atom is 0.335 e. The molecule has 1 N–H and O–H groups in total. The van der Waals surface area contributed by atoms with Gasteiger partial charge < -0.3 is 14.7 Å². The molecule has 6 heteroatoms. The first-order valence-corrected chi connectivity index (χ1v) is 10.1. The van der Waals surface area contributed by atoms with E-state index in [9.17, 15) is 9.90 Å². The van der Waals surface area contributed by atoms with Crippen molar-refractivity contribution in [3.63, 3.8) is 0 Å². The summed E-state index contributed by atoms with van der Waals surface area (Å²) in [5.41, 5.74) is 3.93. The summed E-state index contributed by atoms with van der Waals surface area (Å²) >= 11 is 6.20. The van der Waals surface area contributed by atoms with Crippen molar-refractivity contribution in [1.29, 1.82) is 0 Å². The molecule has 1 unspecified atom stereocenters. The lowest BCUT2D eigenvalue weighted by molar-refractivity contribution is 0.0697. The number of hydrogen-bond acceptors (Lipinski definition) is 4. The summed E-state index contributed by atoms with van der Waals surface area (Å²) in [4.78, 5) is 18.1. The Labute approximate surface area is 177 Å². The molecule has 2 aromatic carbocycles. The van der Waals surface area contributed by atoms with Crippen LogP contribution in [-0.4, -0.2) is 36.5 Å². The number of anilines is 1. The third-order valence-corrected chi connectivity index (χ3v) is 5.91. The first kappa shape index (κ1) is 21.2. The van der Waals surface area contributed by atoms with E-state index in [1.807, 2.05) is 0 Å². The third kappa shape index (κ3) is 4.10. The average molecular weight is 415 g/mol. The molecule has 0 amide bonds. The van der Waals surface area contributed by atoms with E-state index in [0.29, 0.717) is 16.6 Å². The quantitative estimate of drug-likeness (QED) is 0.618. The zero-order valence-electron chi connectivity index (χ0n) is 17.5. The molecule has 0 bridgehead atoms. The number of carbonyl (C=O) groups is 1. The van der Waals surface area contributed by atoms with Gasteiger partial charge in [-0.25, -0.2) is 4.79 Å². The van der Waals surface area contributed by atoms with Crippen molar-refractivity contribution in [3.8, 4) is 5.75 Å². The molecule has 154 valence electrons. The standard InChI is InChI=1S/C23H27ClN2O3/c1-6-26-20-11-21(29-5)16(9-17(20)14(2)12-23(26,3)4)13-25-19-10-15(22(27)28)7-8-18(19)24/h7-11,13-14H,6,12H2,1-5H3,(H,27,28). The van der Waals surface area contributed by atoms with Gasteiger partial charge in [0.25, 0.3) is 0 Å². The molecule has 3 rings (SSSR count). The van der Waals surface area contributed by atoms with E-state index in [1.165, 1.54) is 23.4 Å². The monoisotopic (exact) mass is 414 g/mol. The smallest absolute Gasteiger partial charge is 0.335 e. The van der Waals surface area contributed by atoms with Crippen LogP contribution >= 0.6 is 11.6 Å². The minimum atomic E-state index is -1.01. The fourth-order valence-corrected chi connectivity index (χ4v) is 4.45. The summed E-state index contributed by atoms with van der Waals surface area (Å²) in [5, 5.41) is 9.60. The average Bonchev–Trinajstić information content (AvgIpc) is 2.66. The van der Waals surface area contributed by atoms with E-state index < -0.39 is 5.97 Å². The second-order valence-electron chi connectivity index (χ2n) is 8.04. The highest BCUT2D eigenvalue weighted by atomic mass is 35.5. The van der Waals surface area contributed by atoms with Crippen molar-refractivity contribution in [1.82, 2.24) is 0 Å². The van der Waals surface area contributed by atoms with Crippen molar-refractivity contribution in [2.45, 2.75) is 45.6 Å². The number of carboxylic acids is 1. The van der Waals surface area contributed by atoms with Gasteiger partial charge in [-0.15, -0.1) is 0 Å². The van der Waals surface area contributed by atoms with Crippen LogP contribution in [0.4, 0.5) is 11.4 Å². The lowest BCUT2D eigenvalue weighted by atomic mass is 9.79. The third-order valence-electron chi connectivity index (χ3n) is 5.59. The summed E-state index contributed by atoms with van der Waals surface area (Å²) < 4.78 is 5.64. The van der Waals surface area contributed by atoms with Crippen molar-refractivity contribution >= 4 is 35.2 Å². The Morgan fingerprint density at radius 1 is 1.38 bits per heavy atom. The van der Waals surface area contributed by atoms with Gasteiger partial charge in [-0.3, -0.25) is 4.99 Å². The van der Waals surface area contributed by atoms with Crippen LogP contribution in [0.5, 0.6) is 5.75 Å². The molecule has 0 fully saturated rings. The lowest BCUT2D eigenvalue weighted by Crippen LogP contribution is -2.48. The van der Waals surface area contributed by atoms with E-state index in [2.05, 4.69) is 49.7 Å². The molecule has 1 atom stereocenters. The number of halogens is 1. The van der Waals surface area contributed by atoms with Crippen LogP contribution in [0, 0.1) is 0 Å². The van der Waals surface area contributed by atoms with Crippen LogP contribution in [-0.2, 0) is 0 Å². The SMILES string of the molecule is CCN1c2cc(OC)c(C=Nc3cc(C(=O)O)ccc3Cl)cc2C(C)CC1(C)C. The normalized spacial score (nSPS) is 18.0. The summed E-state index contributed by atoms with van der Waals surface area (Å²) in [6.45, 7) is 9.88. The van der Waals surface area contributed by atoms with E-state index in [0.717, 1.165) is 24.3 Å². The van der Waals surface area contributed by atoms with Crippen molar-refractivity contribution in [2.75, 3.05) is 18.6 Å². The van der Waals surface area contributed by atoms with Crippen molar-refractivity contribution < 1.29 is 14.6 Å². The van der Waals surface area contributed by atoms with E-state index >= 15 is 0 Å². The number of aromatic carboxylic acids is 1. The van der Waals surface area contributed by atoms with E-state index in [4.69, 9.17) is 16.3 Å². The molecule has 1 heterocycles. The summed E-state index contributed by atoms with van der Waals surface area (Å²) in [6.07, 6.45) is 2.75. The second-order valence-corrected chi connectivity index (χ2v) is 8.45. The Balaban J connectivity index is 2.06. The molecule has 0 aliphatic carbocycles. The van der Waals surface area contributed by atoms with Crippen molar-refractivity contribution in [2.24, 2.45) is 4.99 Å². The molecule has 0 saturated heterocycles. The van der Waals surface area contributed by atoms with Gasteiger partial charge in [0.15, 0.2) is 0 Å². The fourth-order valence-electron chi connectivity index (χ4n) is 4.29. The molecular formula is C23H27ClN2O3. The molecule has 5 nitrogen and oxygen atoms in total. The number of methoxy groups -OCH3 is 1. The molecule has 29 heavy (non-hydrogen) atoms. The summed E-state index contributed by atoms with van der Waals surface area (Å²) in [5.74, 6) is 0.113. The molecule has 2 aromatic rings. The number of ether oxygens (including phenoxy) is 1. The Morgan fingerprint density at radius 2 is 2.10 bits per heavy atom. The topological polar surface area (TPSA) is 62.1 Å². The van der Waals surface area contributed by atoms with E-state index in [-0.39, 0.29) is 11.1 Å². The predicted octanol–water partition coefficient (Wildman–Crippen LogP) is 5.91. The molecular weight excluding hydrogens is 388 g/mol. The van der Waals surface area contributed by atoms with Gasteiger partial charge in [0.1, 0.15) is 5.75 Å². The lowest BCUT2D eigenvalue weighted by Gasteiger charge is -2.47. The van der Waals surface area contributed by atoms with Gasteiger partial charge in [-0.05, 0) is 62.9 Å². The molecule has 0 saturated carbocycles. The Bertz CT molecular complexity index is 969. The predicted molar refractivity (Wildman–Crippen MR) is 119 cm³/mol. The second kappa shape index (κ2) is 8.07. The molecule has 1 aliphatic rings. The highest BCUT2D eigenvalue weighted by Crippen LogP contribution is 2.45. The first-order chi connectivity index (χ1) is 13.7. The van der Waals surface area contributed by atoms with Gasteiger partial charge in [-0.2, -0.15) is 0 Å². The van der Waals surface area contributed by atoms with Crippen LogP contribution < -0.4 is 9.64 Å². The van der Waals surface area contributed by atoms with Crippen LogP contribution in [0.3, 0.4) is 0 Å².